The third-order valence-corrected chi connectivity index (χ3v) is 4.90. The fourth-order valence-electron chi connectivity index (χ4n) is 3.52. The van der Waals surface area contributed by atoms with E-state index in [0.29, 0.717) is 12.3 Å². The lowest BCUT2D eigenvalue weighted by Crippen LogP contribution is -2.24. The van der Waals surface area contributed by atoms with Gasteiger partial charge in [-0.05, 0) is 24.3 Å². The maximum absolute atomic E-state index is 14.9. The number of fused-ring (bicyclic) bond motifs is 2. The molecule has 4 rings (SSSR count). The van der Waals surface area contributed by atoms with Crippen molar-refractivity contribution >= 4 is 22.4 Å². The van der Waals surface area contributed by atoms with Gasteiger partial charge in [-0.15, -0.1) is 0 Å². The zero-order valence-electron chi connectivity index (χ0n) is 15.1. The molecule has 1 aliphatic heterocycles. The number of ether oxygens (including phenoxy) is 1. The van der Waals surface area contributed by atoms with E-state index >= 15 is 0 Å². The molecule has 0 aliphatic carbocycles. The molecule has 2 N–H and O–H groups in total. The molecule has 0 spiro atoms. The van der Waals surface area contributed by atoms with Gasteiger partial charge in [0.15, 0.2) is 23.2 Å². The van der Waals surface area contributed by atoms with E-state index in [-0.39, 0.29) is 23.5 Å². The van der Waals surface area contributed by atoms with Crippen LogP contribution in [0, 0.1) is 34.2 Å². The Hall–Kier alpha value is -3.80. The number of hydrogen-bond acceptors (Lipinski definition) is 5. The van der Waals surface area contributed by atoms with Crippen LogP contribution in [-0.4, -0.2) is 24.0 Å². The van der Waals surface area contributed by atoms with Crippen molar-refractivity contribution in [3.63, 3.8) is 0 Å². The van der Waals surface area contributed by atoms with Gasteiger partial charge in [0.1, 0.15) is 28.7 Å². The molecule has 0 radical (unpaired) electrons. The lowest BCUT2D eigenvalue weighted by atomic mass is 9.95. The number of benzene rings is 2. The number of nitrogens with zero attached hydrogens (tertiary/aromatic N) is 2. The number of carbonyl (C=O) groups is 1. The highest BCUT2D eigenvalue weighted by Crippen LogP contribution is 2.34. The molecule has 0 atom stereocenters. The lowest BCUT2D eigenvalue weighted by Gasteiger charge is -2.16. The standard InChI is InChI=1S/C20H13F3N4O2/c1-29-10-4-2-9(3-5-10)18(28)14-12-13(19(25)27-7-6-26-20(14)27)15(21)11(8-24)16(22)17(12)23/h2-5,25-26H,6-7H2,1H3. The first-order valence-electron chi connectivity index (χ1n) is 8.55. The number of carbonyl (C=O) groups excluding carboxylic acids is 1. The van der Waals surface area contributed by atoms with Crippen LogP contribution < -0.4 is 15.5 Å². The van der Waals surface area contributed by atoms with Crippen molar-refractivity contribution in [2.45, 2.75) is 6.54 Å². The smallest absolute Gasteiger partial charge is 0.197 e. The van der Waals surface area contributed by atoms with Crippen LogP contribution in [0.1, 0.15) is 21.5 Å². The number of pyridine rings is 1. The van der Waals surface area contributed by atoms with E-state index in [4.69, 9.17) is 15.4 Å². The summed E-state index contributed by atoms with van der Waals surface area (Å²) in [4.78, 5) is 13.2. The predicted molar refractivity (Wildman–Crippen MR) is 97.3 cm³/mol. The van der Waals surface area contributed by atoms with Crippen molar-refractivity contribution in [2.24, 2.45) is 0 Å². The highest BCUT2D eigenvalue weighted by Gasteiger charge is 2.31. The van der Waals surface area contributed by atoms with Crippen LogP contribution in [-0.2, 0) is 6.54 Å². The normalized spacial score (nSPS) is 12.4. The van der Waals surface area contributed by atoms with Crippen LogP contribution in [0.15, 0.2) is 24.3 Å². The summed E-state index contributed by atoms with van der Waals surface area (Å²) in [6.45, 7) is 0.551. The van der Waals surface area contributed by atoms with Gasteiger partial charge < -0.3 is 14.6 Å². The summed E-state index contributed by atoms with van der Waals surface area (Å²) in [5, 5.41) is 18.9. The molecule has 0 saturated heterocycles. The first kappa shape index (κ1) is 18.6. The van der Waals surface area contributed by atoms with Gasteiger partial charge in [-0.3, -0.25) is 10.2 Å². The molecule has 29 heavy (non-hydrogen) atoms. The number of nitrogens with one attached hydrogen (secondary N) is 2. The van der Waals surface area contributed by atoms with E-state index in [9.17, 15) is 18.0 Å². The van der Waals surface area contributed by atoms with E-state index in [0.717, 1.165) is 0 Å². The highest BCUT2D eigenvalue weighted by molar-refractivity contribution is 6.19. The van der Waals surface area contributed by atoms with Crippen molar-refractivity contribution in [3.8, 4) is 11.8 Å². The lowest BCUT2D eigenvalue weighted by molar-refractivity contribution is 0.104. The van der Waals surface area contributed by atoms with E-state index in [1.165, 1.54) is 42.0 Å². The summed E-state index contributed by atoms with van der Waals surface area (Å²) in [6.07, 6.45) is 0. The number of rotatable bonds is 3. The average Bonchev–Trinajstić information content (AvgIpc) is 3.22. The van der Waals surface area contributed by atoms with Gasteiger partial charge in [0.05, 0.1) is 18.1 Å². The fraction of sp³-hybridized carbons (Fsp3) is 0.150. The van der Waals surface area contributed by atoms with Gasteiger partial charge in [0.25, 0.3) is 0 Å². The van der Waals surface area contributed by atoms with Crippen LogP contribution in [0.3, 0.4) is 0 Å². The molecule has 1 aromatic heterocycles. The molecule has 0 amide bonds. The molecular weight excluding hydrogens is 385 g/mol. The van der Waals surface area contributed by atoms with Crippen LogP contribution in [0.4, 0.5) is 19.0 Å². The van der Waals surface area contributed by atoms with Crippen LogP contribution >= 0.6 is 0 Å². The van der Waals surface area contributed by atoms with E-state index in [1.54, 1.807) is 0 Å². The molecule has 2 heterocycles. The van der Waals surface area contributed by atoms with Gasteiger partial charge >= 0.3 is 0 Å². The van der Waals surface area contributed by atoms with Crippen molar-refractivity contribution < 1.29 is 22.7 Å². The van der Waals surface area contributed by atoms with Crippen LogP contribution in [0.25, 0.3) is 10.8 Å². The first-order chi connectivity index (χ1) is 13.9. The summed E-state index contributed by atoms with van der Waals surface area (Å²) < 4.78 is 50.5. The van der Waals surface area contributed by atoms with Gasteiger partial charge in [-0.25, -0.2) is 13.2 Å². The minimum absolute atomic E-state index is 0.103. The number of aromatic nitrogens is 1. The highest BCUT2D eigenvalue weighted by atomic mass is 19.2. The Bertz CT molecular complexity index is 1290. The minimum atomic E-state index is -1.69. The summed E-state index contributed by atoms with van der Waals surface area (Å²) >= 11 is 0. The number of halogens is 3. The number of hydrogen-bond donors (Lipinski definition) is 2. The Kier molecular flexibility index (Phi) is 4.27. The number of methoxy groups -OCH3 is 1. The topological polar surface area (TPSA) is 90.9 Å². The van der Waals surface area contributed by atoms with E-state index < -0.39 is 45.1 Å². The maximum Gasteiger partial charge on any atom is 0.197 e. The van der Waals surface area contributed by atoms with Crippen molar-refractivity contribution in [1.29, 1.82) is 10.7 Å². The fourth-order valence-corrected chi connectivity index (χ4v) is 3.52. The zero-order valence-corrected chi connectivity index (χ0v) is 15.1. The van der Waals surface area contributed by atoms with Crippen LogP contribution in [0.5, 0.6) is 5.75 Å². The molecule has 3 aromatic rings. The van der Waals surface area contributed by atoms with Crippen molar-refractivity contribution in [2.75, 3.05) is 19.0 Å². The average molecular weight is 398 g/mol. The predicted octanol–water partition coefficient (Wildman–Crippen LogP) is 3.07. The second kappa shape index (κ2) is 6.67. The van der Waals surface area contributed by atoms with Crippen LogP contribution in [0.2, 0.25) is 0 Å². The number of ketones is 1. The molecule has 2 aromatic carbocycles. The Morgan fingerprint density at radius 1 is 1.17 bits per heavy atom. The molecule has 146 valence electrons. The monoisotopic (exact) mass is 398 g/mol. The quantitative estimate of drug-likeness (QED) is 0.524. The van der Waals surface area contributed by atoms with Crippen molar-refractivity contribution in [3.05, 3.63) is 63.9 Å². The summed E-state index contributed by atoms with van der Waals surface area (Å²) in [5.74, 6) is -4.68. The van der Waals surface area contributed by atoms with E-state index in [2.05, 4.69) is 5.32 Å². The molecule has 9 heteroatoms. The second-order valence-electron chi connectivity index (χ2n) is 6.39. The Labute approximate surface area is 162 Å². The number of anilines is 1. The zero-order chi connectivity index (χ0) is 20.9. The summed E-state index contributed by atoms with van der Waals surface area (Å²) in [6, 6.07) is 7.24. The molecular formula is C20H13F3N4O2. The largest absolute Gasteiger partial charge is 0.497 e. The Balaban J connectivity index is 2.13. The van der Waals surface area contributed by atoms with Gasteiger partial charge in [-0.2, -0.15) is 5.26 Å². The molecule has 0 fully saturated rings. The maximum atomic E-state index is 14.9. The van der Waals surface area contributed by atoms with Crippen molar-refractivity contribution in [1.82, 2.24) is 4.57 Å². The third kappa shape index (κ3) is 2.56. The molecule has 0 saturated carbocycles. The molecule has 0 unspecified atom stereocenters. The second-order valence-corrected chi connectivity index (χ2v) is 6.39. The summed E-state index contributed by atoms with van der Waals surface area (Å²) in [5.41, 5.74) is -1.72. The Morgan fingerprint density at radius 2 is 1.86 bits per heavy atom. The Morgan fingerprint density at radius 3 is 2.48 bits per heavy atom. The molecule has 6 nitrogen and oxygen atoms in total. The van der Waals surface area contributed by atoms with Gasteiger partial charge in [0.2, 0.25) is 0 Å². The van der Waals surface area contributed by atoms with E-state index in [1.807, 2.05) is 0 Å². The number of nitriles is 1. The van der Waals surface area contributed by atoms with Gasteiger partial charge in [-0.1, -0.05) is 0 Å². The SMILES string of the molecule is COc1ccc(C(=O)c2c3n(c(=N)c4c(F)c(C#N)c(F)c(F)c24)CCN3)cc1. The molecule has 0 bridgehead atoms. The molecule has 1 aliphatic rings. The van der Waals surface area contributed by atoms with Gasteiger partial charge in [0, 0.05) is 24.0 Å². The minimum Gasteiger partial charge on any atom is -0.497 e. The first-order valence-corrected chi connectivity index (χ1v) is 8.55. The summed E-state index contributed by atoms with van der Waals surface area (Å²) in [7, 11) is 1.46. The third-order valence-electron chi connectivity index (χ3n) is 4.90.